The lowest BCUT2D eigenvalue weighted by atomic mass is 10.1. The molecule has 0 radical (unpaired) electrons. The molecule has 0 saturated carbocycles. The van der Waals surface area contributed by atoms with Crippen LogP contribution in [-0.2, 0) is 11.4 Å². The molecule has 1 saturated heterocycles. The summed E-state index contributed by atoms with van der Waals surface area (Å²) < 4.78 is 16.6. The first-order valence-electron chi connectivity index (χ1n) is 10.8. The third-order valence-electron chi connectivity index (χ3n) is 5.47. The summed E-state index contributed by atoms with van der Waals surface area (Å²) in [6.07, 6.45) is 3.46. The van der Waals surface area contributed by atoms with Crippen LogP contribution in [0, 0.1) is 19.8 Å². The molecule has 7 heteroatoms. The molecule has 0 unspecified atom stereocenters. The SMILES string of the molecule is COc1cc(C=CC(=O)N2CCN(CC(C)C)CC2)ccc1OCc1c(C)noc1C. The van der Waals surface area contributed by atoms with Crippen molar-refractivity contribution in [3.63, 3.8) is 0 Å². The molecule has 0 bridgehead atoms. The lowest BCUT2D eigenvalue weighted by Crippen LogP contribution is -2.49. The van der Waals surface area contributed by atoms with E-state index in [1.165, 1.54) is 0 Å². The lowest BCUT2D eigenvalue weighted by molar-refractivity contribution is -0.127. The number of ether oxygens (including phenoxy) is 2. The van der Waals surface area contributed by atoms with Crippen molar-refractivity contribution in [2.75, 3.05) is 39.8 Å². The van der Waals surface area contributed by atoms with Crippen molar-refractivity contribution in [3.8, 4) is 11.5 Å². The number of hydrogen-bond donors (Lipinski definition) is 0. The number of carbonyl (C=O) groups excluding carboxylic acids is 1. The maximum atomic E-state index is 12.6. The summed E-state index contributed by atoms with van der Waals surface area (Å²) in [7, 11) is 1.60. The van der Waals surface area contributed by atoms with Crippen LogP contribution < -0.4 is 9.47 Å². The fourth-order valence-electron chi connectivity index (χ4n) is 3.71. The summed E-state index contributed by atoms with van der Waals surface area (Å²) in [4.78, 5) is 16.9. The molecule has 1 aliphatic heterocycles. The van der Waals surface area contributed by atoms with E-state index >= 15 is 0 Å². The second-order valence-corrected chi connectivity index (χ2v) is 8.35. The summed E-state index contributed by atoms with van der Waals surface area (Å²) in [6.45, 7) is 13.1. The second-order valence-electron chi connectivity index (χ2n) is 8.35. The van der Waals surface area contributed by atoms with Gasteiger partial charge in [0.1, 0.15) is 12.4 Å². The normalized spacial score (nSPS) is 15.1. The van der Waals surface area contributed by atoms with Crippen molar-refractivity contribution in [2.45, 2.75) is 34.3 Å². The molecule has 0 spiro atoms. The zero-order valence-corrected chi connectivity index (χ0v) is 19.2. The number of aromatic nitrogens is 1. The number of hydrogen-bond acceptors (Lipinski definition) is 6. The highest BCUT2D eigenvalue weighted by molar-refractivity contribution is 5.92. The van der Waals surface area contributed by atoms with Gasteiger partial charge in [0, 0.05) is 38.8 Å². The smallest absolute Gasteiger partial charge is 0.246 e. The molecule has 0 atom stereocenters. The van der Waals surface area contributed by atoms with E-state index in [2.05, 4.69) is 23.9 Å². The van der Waals surface area contributed by atoms with Gasteiger partial charge in [-0.05, 0) is 43.5 Å². The van der Waals surface area contributed by atoms with Gasteiger partial charge in [0.15, 0.2) is 11.5 Å². The first-order chi connectivity index (χ1) is 14.9. The van der Waals surface area contributed by atoms with Gasteiger partial charge >= 0.3 is 0 Å². The van der Waals surface area contributed by atoms with Crippen LogP contribution in [0.25, 0.3) is 6.08 Å². The predicted molar refractivity (Wildman–Crippen MR) is 120 cm³/mol. The Bertz CT molecular complexity index is 892. The number of carbonyl (C=O) groups is 1. The number of nitrogens with zero attached hydrogens (tertiary/aromatic N) is 3. The van der Waals surface area contributed by atoms with Crippen LogP contribution in [0.5, 0.6) is 11.5 Å². The summed E-state index contributed by atoms with van der Waals surface area (Å²) in [5.74, 6) is 2.69. The quantitative estimate of drug-likeness (QED) is 0.599. The molecule has 7 nitrogen and oxygen atoms in total. The molecule has 1 aliphatic rings. The van der Waals surface area contributed by atoms with E-state index in [-0.39, 0.29) is 5.91 Å². The Balaban J connectivity index is 1.58. The van der Waals surface area contributed by atoms with Gasteiger partial charge in [0.05, 0.1) is 18.4 Å². The maximum Gasteiger partial charge on any atom is 0.246 e. The van der Waals surface area contributed by atoms with Crippen LogP contribution in [-0.4, -0.2) is 60.7 Å². The van der Waals surface area contributed by atoms with E-state index in [1.54, 1.807) is 13.2 Å². The fraction of sp³-hybridized carbons (Fsp3) is 0.500. The van der Waals surface area contributed by atoms with E-state index in [0.717, 1.165) is 55.3 Å². The molecular weight excluding hydrogens is 394 g/mol. The Morgan fingerprint density at radius 1 is 1.19 bits per heavy atom. The van der Waals surface area contributed by atoms with Gasteiger partial charge in [-0.15, -0.1) is 0 Å². The first kappa shape index (κ1) is 22.9. The van der Waals surface area contributed by atoms with Crippen molar-refractivity contribution in [1.29, 1.82) is 0 Å². The van der Waals surface area contributed by atoms with E-state index in [0.29, 0.717) is 24.0 Å². The Hall–Kier alpha value is -2.80. The van der Waals surface area contributed by atoms with Crippen molar-refractivity contribution in [3.05, 3.63) is 46.9 Å². The summed E-state index contributed by atoms with van der Waals surface area (Å²) in [5, 5.41) is 3.95. The highest BCUT2D eigenvalue weighted by Gasteiger charge is 2.20. The number of rotatable bonds is 8. The van der Waals surface area contributed by atoms with Crippen LogP contribution in [0.2, 0.25) is 0 Å². The minimum atomic E-state index is 0.0434. The number of aryl methyl sites for hydroxylation is 2. The largest absolute Gasteiger partial charge is 0.493 e. The second kappa shape index (κ2) is 10.5. The van der Waals surface area contributed by atoms with Crippen LogP contribution in [0.4, 0.5) is 0 Å². The van der Waals surface area contributed by atoms with E-state index in [4.69, 9.17) is 14.0 Å². The predicted octanol–water partition coefficient (Wildman–Crippen LogP) is 3.69. The molecule has 0 N–H and O–H groups in total. The molecule has 1 aromatic carbocycles. The minimum Gasteiger partial charge on any atom is -0.493 e. The van der Waals surface area contributed by atoms with Crippen molar-refractivity contribution in [2.24, 2.45) is 5.92 Å². The standard InChI is InChI=1S/C24H33N3O4/c1-17(2)15-26-10-12-27(13-11-26)24(28)9-7-20-6-8-22(23(14-20)29-5)30-16-21-18(3)25-31-19(21)4/h6-9,14,17H,10-13,15-16H2,1-5H3. The van der Waals surface area contributed by atoms with Crippen LogP contribution in [0.3, 0.4) is 0 Å². The maximum absolute atomic E-state index is 12.6. The number of piperazine rings is 1. The molecular formula is C24H33N3O4. The molecule has 1 fully saturated rings. The van der Waals surface area contributed by atoms with Crippen LogP contribution in [0.15, 0.2) is 28.8 Å². The van der Waals surface area contributed by atoms with E-state index in [1.807, 2.05) is 43.0 Å². The third-order valence-corrected chi connectivity index (χ3v) is 5.47. The molecule has 1 aromatic heterocycles. The number of benzene rings is 1. The average molecular weight is 428 g/mol. The topological polar surface area (TPSA) is 68.0 Å². The van der Waals surface area contributed by atoms with Gasteiger partial charge in [0.2, 0.25) is 5.91 Å². The fourth-order valence-corrected chi connectivity index (χ4v) is 3.71. The molecule has 168 valence electrons. The van der Waals surface area contributed by atoms with Crippen LogP contribution in [0.1, 0.15) is 36.4 Å². The molecule has 31 heavy (non-hydrogen) atoms. The van der Waals surface area contributed by atoms with Gasteiger partial charge in [-0.3, -0.25) is 9.69 Å². The molecule has 2 aromatic rings. The Morgan fingerprint density at radius 2 is 1.94 bits per heavy atom. The monoisotopic (exact) mass is 427 g/mol. The number of methoxy groups -OCH3 is 1. The Kier molecular flexibility index (Phi) is 7.74. The van der Waals surface area contributed by atoms with Crippen molar-refractivity contribution in [1.82, 2.24) is 15.0 Å². The zero-order chi connectivity index (χ0) is 22.4. The highest BCUT2D eigenvalue weighted by atomic mass is 16.5. The van der Waals surface area contributed by atoms with Gasteiger partial charge < -0.3 is 18.9 Å². The van der Waals surface area contributed by atoms with E-state index < -0.39 is 0 Å². The van der Waals surface area contributed by atoms with Crippen molar-refractivity contribution < 1.29 is 18.8 Å². The van der Waals surface area contributed by atoms with E-state index in [9.17, 15) is 4.79 Å². The molecule has 2 heterocycles. The van der Waals surface area contributed by atoms with Gasteiger partial charge in [-0.25, -0.2) is 0 Å². The summed E-state index contributed by atoms with van der Waals surface area (Å²) in [6, 6.07) is 5.63. The van der Waals surface area contributed by atoms with Gasteiger partial charge in [0.25, 0.3) is 0 Å². The highest BCUT2D eigenvalue weighted by Crippen LogP contribution is 2.30. The summed E-state index contributed by atoms with van der Waals surface area (Å²) >= 11 is 0. The molecule has 1 amide bonds. The minimum absolute atomic E-state index is 0.0434. The van der Waals surface area contributed by atoms with Gasteiger partial charge in [-0.1, -0.05) is 25.1 Å². The third kappa shape index (κ3) is 6.10. The van der Waals surface area contributed by atoms with Crippen LogP contribution >= 0.6 is 0 Å². The Labute approximate surface area is 184 Å². The Morgan fingerprint density at radius 3 is 2.55 bits per heavy atom. The van der Waals surface area contributed by atoms with Gasteiger partial charge in [-0.2, -0.15) is 0 Å². The summed E-state index contributed by atoms with van der Waals surface area (Å²) in [5.41, 5.74) is 2.64. The first-order valence-corrected chi connectivity index (χ1v) is 10.8. The molecule has 0 aliphatic carbocycles. The number of amides is 1. The zero-order valence-electron chi connectivity index (χ0n) is 19.2. The molecule has 3 rings (SSSR count). The van der Waals surface area contributed by atoms with Crippen molar-refractivity contribution >= 4 is 12.0 Å². The lowest BCUT2D eigenvalue weighted by Gasteiger charge is -2.35. The average Bonchev–Trinajstić information content (AvgIpc) is 3.08.